The van der Waals surface area contributed by atoms with E-state index in [1.54, 1.807) is 12.1 Å². The van der Waals surface area contributed by atoms with E-state index in [1.807, 2.05) is 17.6 Å². The monoisotopic (exact) mass is 244 g/mol. The molecule has 2 rings (SSSR count). The van der Waals surface area contributed by atoms with Crippen LogP contribution in [0.25, 0.3) is 0 Å². The molecule has 1 amide bonds. The summed E-state index contributed by atoms with van der Waals surface area (Å²) >= 11 is 0. The van der Waals surface area contributed by atoms with Crippen molar-refractivity contribution in [2.75, 3.05) is 11.6 Å². The van der Waals surface area contributed by atoms with Gasteiger partial charge in [0.1, 0.15) is 0 Å². The second-order valence-electron chi connectivity index (χ2n) is 3.82. The van der Waals surface area contributed by atoms with Crippen LogP contribution in [-0.2, 0) is 11.2 Å². The molecule has 1 N–H and O–H groups in total. The second-order valence-corrected chi connectivity index (χ2v) is 3.82. The molecule has 1 heterocycles. The quantitative estimate of drug-likeness (QED) is 0.819. The highest BCUT2D eigenvalue weighted by atomic mass is 19.4. The summed E-state index contributed by atoms with van der Waals surface area (Å²) < 4.78 is 36.4. The zero-order valence-electron chi connectivity index (χ0n) is 8.92. The van der Waals surface area contributed by atoms with Gasteiger partial charge in [-0.1, -0.05) is 18.2 Å². The van der Waals surface area contributed by atoms with Crippen LogP contribution < -0.4 is 10.4 Å². The lowest BCUT2D eigenvalue weighted by molar-refractivity contribution is -0.173. The number of carbonyl (C=O) groups is 1. The van der Waals surface area contributed by atoms with Gasteiger partial charge in [-0.15, -0.1) is 0 Å². The van der Waals surface area contributed by atoms with Crippen LogP contribution in [0, 0.1) is 0 Å². The minimum atomic E-state index is -4.85. The highest BCUT2D eigenvalue weighted by molar-refractivity contribution is 5.83. The van der Waals surface area contributed by atoms with Crippen molar-refractivity contribution in [3.63, 3.8) is 0 Å². The van der Waals surface area contributed by atoms with E-state index < -0.39 is 12.1 Å². The Morgan fingerprint density at radius 3 is 2.71 bits per heavy atom. The van der Waals surface area contributed by atoms with Gasteiger partial charge in [0, 0.05) is 6.54 Å². The number of amides is 1. The number of rotatable bonds is 1. The molecule has 1 aromatic carbocycles. The summed E-state index contributed by atoms with van der Waals surface area (Å²) in [5.41, 5.74) is 3.47. The van der Waals surface area contributed by atoms with Crippen molar-refractivity contribution in [1.29, 1.82) is 0 Å². The van der Waals surface area contributed by atoms with Gasteiger partial charge < -0.3 is 0 Å². The van der Waals surface area contributed by atoms with Crippen LogP contribution in [0.4, 0.5) is 18.9 Å². The number of aryl methyl sites for hydroxylation is 1. The predicted molar refractivity (Wildman–Crippen MR) is 56.3 cm³/mol. The lowest BCUT2D eigenvalue weighted by Crippen LogP contribution is -2.50. The minimum absolute atomic E-state index is 0.388. The molecule has 0 saturated carbocycles. The van der Waals surface area contributed by atoms with Crippen molar-refractivity contribution in [2.45, 2.75) is 19.0 Å². The highest BCUT2D eigenvalue weighted by Gasteiger charge is 2.40. The number of fused-ring (bicyclic) bond motifs is 1. The van der Waals surface area contributed by atoms with Crippen LogP contribution in [0.2, 0.25) is 0 Å². The molecule has 0 aliphatic carbocycles. The molecular formula is C11H11F3N2O. The van der Waals surface area contributed by atoms with E-state index >= 15 is 0 Å². The number of nitrogens with zero attached hydrogens (tertiary/aromatic N) is 1. The number of hydrazine groups is 1. The third-order valence-electron chi connectivity index (χ3n) is 2.60. The maximum absolute atomic E-state index is 12.1. The van der Waals surface area contributed by atoms with Crippen LogP contribution in [0.3, 0.4) is 0 Å². The molecular weight excluding hydrogens is 233 g/mol. The Labute approximate surface area is 96.2 Å². The SMILES string of the molecule is O=C(NN1CCCc2ccccc21)C(F)(F)F. The highest BCUT2D eigenvalue weighted by Crippen LogP contribution is 2.25. The molecule has 0 radical (unpaired) electrons. The second kappa shape index (κ2) is 4.27. The number of carbonyl (C=O) groups excluding carboxylic acids is 1. The first kappa shape index (κ1) is 11.8. The largest absolute Gasteiger partial charge is 0.472 e. The van der Waals surface area contributed by atoms with Crippen LogP contribution in [0.5, 0.6) is 0 Å². The molecule has 0 spiro atoms. The Hall–Kier alpha value is -1.72. The van der Waals surface area contributed by atoms with E-state index in [1.165, 1.54) is 5.01 Å². The molecule has 0 unspecified atom stereocenters. The Morgan fingerprint density at radius 2 is 2.00 bits per heavy atom. The zero-order valence-corrected chi connectivity index (χ0v) is 8.92. The summed E-state index contributed by atoms with van der Waals surface area (Å²) in [5, 5.41) is 1.26. The fourth-order valence-corrected chi connectivity index (χ4v) is 1.84. The van der Waals surface area contributed by atoms with Gasteiger partial charge in [-0.2, -0.15) is 13.2 Å². The van der Waals surface area contributed by atoms with Gasteiger partial charge in [-0.3, -0.25) is 15.2 Å². The molecule has 6 heteroatoms. The molecule has 0 aromatic heterocycles. The van der Waals surface area contributed by atoms with Crippen molar-refractivity contribution in [3.05, 3.63) is 29.8 Å². The topological polar surface area (TPSA) is 32.3 Å². The Balaban J connectivity index is 2.17. The van der Waals surface area contributed by atoms with Crippen molar-refractivity contribution in [2.24, 2.45) is 0 Å². The average Bonchev–Trinajstić information content (AvgIpc) is 2.28. The smallest absolute Gasteiger partial charge is 0.285 e. The number of halogens is 3. The summed E-state index contributed by atoms with van der Waals surface area (Å²) in [4.78, 5) is 10.9. The van der Waals surface area contributed by atoms with E-state index in [0.717, 1.165) is 18.4 Å². The van der Waals surface area contributed by atoms with Gasteiger partial charge in [-0.05, 0) is 24.5 Å². The molecule has 0 saturated heterocycles. The lowest BCUT2D eigenvalue weighted by atomic mass is 10.0. The van der Waals surface area contributed by atoms with E-state index in [2.05, 4.69) is 0 Å². The first-order chi connectivity index (χ1) is 7.98. The van der Waals surface area contributed by atoms with Gasteiger partial charge in [0.2, 0.25) is 0 Å². The molecule has 0 atom stereocenters. The van der Waals surface area contributed by atoms with Crippen molar-refractivity contribution < 1.29 is 18.0 Å². The maximum Gasteiger partial charge on any atom is 0.472 e. The summed E-state index contributed by atoms with van der Waals surface area (Å²) in [6, 6.07) is 7.11. The number of alkyl halides is 3. The number of anilines is 1. The third-order valence-corrected chi connectivity index (χ3v) is 2.60. The van der Waals surface area contributed by atoms with E-state index in [0.29, 0.717) is 12.2 Å². The Kier molecular flexibility index (Phi) is 2.95. The molecule has 17 heavy (non-hydrogen) atoms. The predicted octanol–water partition coefficient (Wildman–Crippen LogP) is 2.03. The molecule has 0 fully saturated rings. The van der Waals surface area contributed by atoms with Gasteiger partial charge in [0.15, 0.2) is 0 Å². The van der Waals surface area contributed by atoms with Gasteiger partial charge in [0.05, 0.1) is 5.69 Å². The number of hydrogen-bond donors (Lipinski definition) is 1. The van der Waals surface area contributed by atoms with E-state index in [-0.39, 0.29) is 0 Å². The molecule has 0 bridgehead atoms. The zero-order chi connectivity index (χ0) is 12.5. The Morgan fingerprint density at radius 1 is 1.29 bits per heavy atom. The number of benzene rings is 1. The van der Waals surface area contributed by atoms with E-state index in [4.69, 9.17) is 0 Å². The van der Waals surface area contributed by atoms with Gasteiger partial charge in [-0.25, -0.2) is 0 Å². The van der Waals surface area contributed by atoms with Crippen molar-refractivity contribution in [1.82, 2.24) is 5.43 Å². The standard InChI is InChI=1S/C11H11F3N2O/c12-11(13,14)10(17)15-16-7-3-5-8-4-1-2-6-9(8)16/h1-2,4,6H,3,5,7H2,(H,15,17). The van der Waals surface area contributed by atoms with Gasteiger partial charge in [0.25, 0.3) is 0 Å². The van der Waals surface area contributed by atoms with Crippen LogP contribution in [-0.4, -0.2) is 18.6 Å². The van der Waals surface area contributed by atoms with Crippen molar-refractivity contribution in [3.8, 4) is 0 Å². The molecule has 1 aliphatic heterocycles. The van der Waals surface area contributed by atoms with E-state index in [9.17, 15) is 18.0 Å². The van der Waals surface area contributed by atoms with Crippen LogP contribution in [0.1, 0.15) is 12.0 Å². The Bertz CT molecular complexity index is 431. The lowest BCUT2D eigenvalue weighted by Gasteiger charge is -2.31. The van der Waals surface area contributed by atoms with Crippen LogP contribution in [0.15, 0.2) is 24.3 Å². The minimum Gasteiger partial charge on any atom is -0.285 e. The fourth-order valence-electron chi connectivity index (χ4n) is 1.84. The first-order valence-corrected chi connectivity index (χ1v) is 5.22. The maximum atomic E-state index is 12.1. The fraction of sp³-hybridized carbons (Fsp3) is 0.364. The average molecular weight is 244 g/mol. The first-order valence-electron chi connectivity index (χ1n) is 5.22. The number of nitrogens with one attached hydrogen (secondary N) is 1. The summed E-state index contributed by atoms with van der Waals surface area (Å²) in [5.74, 6) is -1.94. The summed E-state index contributed by atoms with van der Waals surface area (Å²) in [7, 11) is 0. The van der Waals surface area contributed by atoms with Crippen molar-refractivity contribution >= 4 is 11.6 Å². The molecule has 1 aromatic rings. The summed E-state index contributed by atoms with van der Waals surface area (Å²) in [6.45, 7) is 0.388. The molecule has 3 nitrogen and oxygen atoms in total. The normalized spacial score (nSPS) is 15.4. The molecule has 1 aliphatic rings. The number of para-hydroxylation sites is 1. The molecule has 92 valence electrons. The number of hydrogen-bond acceptors (Lipinski definition) is 2. The third kappa shape index (κ3) is 2.51. The van der Waals surface area contributed by atoms with Crippen LogP contribution >= 0.6 is 0 Å². The van der Waals surface area contributed by atoms with Gasteiger partial charge >= 0.3 is 12.1 Å². The summed E-state index contributed by atoms with van der Waals surface area (Å²) in [6.07, 6.45) is -3.32.